The lowest BCUT2D eigenvalue weighted by Crippen LogP contribution is -2.46. The molecular formula is C15H26N4O2. The molecule has 1 saturated heterocycles. The van der Waals surface area contributed by atoms with Crippen LogP contribution in [0.1, 0.15) is 33.0 Å². The third-order valence-corrected chi connectivity index (χ3v) is 3.33. The summed E-state index contributed by atoms with van der Waals surface area (Å²) in [6.45, 7) is 9.34. The van der Waals surface area contributed by atoms with Gasteiger partial charge in [0.05, 0.1) is 12.2 Å². The van der Waals surface area contributed by atoms with Crippen molar-refractivity contribution in [3.05, 3.63) is 11.9 Å². The van der Waals surface area contributed by atoms with Crippen LogP contribution < -0.4 is 10.2 Å². The van der Waals surface area contributed by atoms with Crippen molar-refractivity contribution in [2.24, 2.45) is 0 Å². The van der Waals surface area contributed by atoms with Gasteiger partial charge in [-0.3, -0.25) is 0 Å². The van der Waals surface area contributed by atoms with E-state index in [-0.39, 0.29) is 12.2 Å². The fourth-order valence-corrected chi connectivity index (χ4v) is 2.55. The maximum atomic E-state index is 5.79. The summed E-state index contributed by atoms with van der Waals surface area (Å²) in [6.07, 6.45) is 1.48. The fourth-order valence-electron chi connectivity index (χ4n) is 2.55. The number of aromatic nitrogens is 2. The maximum absolute atomic E-state index is 5.79. The highest BCUT2D eigenvalue weighted by molar-refractivity contribution is 5.50. The molecule has 0 unspecified atom stereocenters. The molecule has 1 aliphatic heterocycles. The van der Waals surface area contributed by atoms with Crippen LogP contribution in [-0.4, -0.2) is 48.9 Å². The predicted octanol–water partition coefficient (Wildman–Crippen LogP) is 2.06. The standard InChI is InChI=1S/C15H26N4O2/c1-5-6-16-13-7-15(18-14(17-13)10-20-4)19-8-11(2)21-12(3)9-19/h7,11-12H,5-6,8-10H2,1-4H3,(H,16,17,18)/t11-,12+. The third kappa shape index (κ3) is 4.54. The van der Waals surface area contributed by atoms with Crippen LogP contribution in [0.4, 0.5) is 11.6 Å². The Bertz CT molecular complexity index is 445. The zero-order valence-corrected chi connectivity index (χ0v) is 13.4. The highest BCUT2D eigenvalue weighted by atomic mass is 16.5. The smallest absolute Gasteiger partial charge is 0.158 e. The van der Waals surface area contributed by atoms with Crippen LogP contribution in [0, 0.1) is 0 Å². The van der Waals surface area contributed by atoms with Gasteiger partial charge in [0.2, 0.25) is 0 Å². The van der Waals surface area contributed by atoms with Crippen LogP contribution in [0.2, 0.25) is 0 Å². The van der Waals surface area contributed by atoms with Crippen molar-refractivity contribution in [2.45, 2.75) is 46.0 Å². The molecule has 6 heteroatoms. The van der Waals surface area contributed by atoms with E-state index in [0.29, 0.717) is 12.4 Å². The van der Waals surface area contributed by atoms with Gasteiger partial charge in [0, 0.05) is 32.8 Å². The molecule has 1 aromatic heterocycles. The molecule has 0 bridgehead atoms. The summed E-state index contributed by atoms with van der Waals surface area (Å²) in [5, 5.41) is 3.33. The molecule has 0 amide bonds. The molecule has 1 fully saturated rings. The van der Waals surface area contributed by atoms with Crippen LogP contribution in [0.5, 0.6) is 0 Å². The van der Waals surface area contributed by atoms with E-state index >= 15 is 0 Å². The summed E-state index contributed by atoms with van der Waals surface area (Å²) in [7, 11) is 1.66. The number of hydrogen-bond donors (Lipinski definition) is 1. The Morgan fingerprint density at radius 2 is 2.05 bits per heavy atom. The molecule has 21 heavy (non-hydrogen) atoms. The molecule has 1 aliphatic rings. The Balaban J connectivity index is 2.21. The highest BCUT2D eigenvalue weighted by Crippen LogP contribution is 2.21. The molecule has 1 aromatic rings. The Morgan fingerprint density at radius 1 is 1.33 bits per heavy atom. The van der Waals surface area contributed by atoms with Crippen LogP contribution in [0.25, 0.3) is 0 Å². The minimum atomic E-state index is 0.210. The van der Waals surface area contributed by atoms with E-state index in [2.05, 4.69) is 41.0 Å². The topological polar surface area (TPSA) is 59.5 Å². The molecule has 0 aliphatic carbocycles. The Morgan fingerprint density at radius 3 is 2.67 bits per heavy atom. The average Bonchev–Trinajstić information content (AvgIpc) is 2.44. The van der Waals surface area contributed by atoms with Crippen molar-refractivity contribution in [3.8, 4) is 0 Å². The van der Waals surface area contributed by atoms with E-state index in [1.807, 2.05) is 6.07 Å². The molecule has 0 aromatic carbocycles. The quantitative estimate of drug-likeness (QED) is 0.866. The van der Waals surface area contributed by atoms with E-state index < -0.39 is 0 Å². The number of ether oxygens (including phenoxy) is 2. The lowest BCUT2D eigenvalue weighted by Gasteiger charge is -2.36. The van der Waals surface area contributed by atoms with E-state index in [0.717, 1.165) is 37.7 Å². The summed E-state index contributed by atoms with van der Waals surface area (Å²) in [5.41, 5.74) is 0. The molecule has 2 atom stereocenters. The number of anilines is 2. The number of nitrogens with one attached hydrogen (secondary N) is 1. The highest BCUT2D eigenvalue weighted by Gasteiger charge is 2.24. The number of hydrogen-bond acceptors (Lipinski definition) is 6. The zero-order chi connectivity index (χ0) is 15.2. The molecule has 118 valence electrons. The largest absolute Gasteiger partial charge is 0.377 e. The molecule has 0 saturated carbocycles. The normalized spacial score (nSPS) is 22.4. The van der Waals surface area contributed by atoms with E-state index in [1.54, 1.807) is 7.11 Å². The van der Waals surface area contributed by atoms with Gasteiger partial charge in [0.1, 0.15) is 18.2 Å². The minimum absolute atomic E-state index is 0.210. The summed E-state index contributed by atoms with van der Waals surface area (Å²) >= 11 is 0. The SMILES string of the molecule is CCCNc1cc(N2C[C@@H](C)O[C@@H](C)C2)nc(COC)n1. The molecule has 0 radical (unpaired) electrons. The average molecular weight is 294 g/mol. The van der Waals surface area contributed by atoms with Gasteiger partial charge in [0.25, 0.3) is 0 Å². The van der Waals surface area contributed by atoms with E-state index in [1.165, 1.54) is 0 Å². The fraction of sp³-hybridized carbons (Fsp3) is 0.733. The Hall–Kier alpha value is -1.40. The van der Waals surface area contributed by atoms with E-state index in [9.17, 15) is 0 Å². The van der Waals surface area contributed by atoms with Gasteiger partial charge in [-0.05, 0) is 20.3 Å². The number of methoxy groups -OCH3 is 1. The molecule has 0 spiro atoms. The molecular weight excluding hydrogens is 268 g/mol. The van der Waals surface area contributed by atoms with Gasteiger partial charge >= 0.3 is 0 Å². The lowest BCUT2D eigenvalue weighted by atomic mass is 10.2. The van der Waals surface area contributed by atoms with Crippen molar-refractivity contribution < 1.29 is 9.47 Å². The van der Waals surface area contributed by atoms with E-state index in [4.69, 9.17) is 9.47 Å². The summed E-state index contributed by atoms with van der Waals surface area (Å²) < 4.78 is 11.0. The third-order valence-electron chi connectivity index (χ3n) is 3.33. The summed E-state index contributed by atoms with van der Waals surface area (Å²) in [5.74, 6) is 2.51. The van der Waals surface area contributed by atoms with Crippen molar-refractivity contribution in [1.29, 1.82) is 0 Å². The first-order chi connectivity index (χ1) is 10.1. The first-order valence-electron chi connectivity index (χ1n) is 7.63. The molecule has 6 nitrogen and oxygen atoms in total. The van der Waals surface area contributed by atoms with Gasteiger partial charge in [-0.1, -0.05) is 6.92 Å². The van der Waals surface area contributed by atoms with Gasteiger partial charge in [0.15, 0.2) is 5.82 Å². The second-order valence-corrected chi connectivity index (χ2v) is 5.55. The first-order valence-corrected chi connectivity index (χ1v) is 7.63. The van der Waals surface area contributed by atoms with Crippen molar-refractivity contribution in [3.63, 3.8) is 0 Å². The maximum Gasteiger partial charge on any atom is 0.158 e. The zero-order valence-electron chi connectivity index (χ0n) is 13.4. The Kier molecular flexibility index (Phi) is 5.76. The van der Waals surface area contributed by atoms with Gasteiger partial charge in [-0.15, -0.1) is 0 Å². The molecule has 2 rings (SSSR count). The first kappa shape index (κ1) is 16.0. The number of nitrogens with zero attached hydrogens (tertiary/aromatic N) is 3. The second kappa shape index (κ2) is 7.56. The monoisotopic (exact) mass is 294 g/mol. The van der Waals surface area contributed by atoms with Crippen LogP contribution >= 0.6 is 0 Å². The van der Waals surface area contributed by atoms with Crippen LogP contribution in [0.15, 0.2) is 6.07 Å². The van der Waals surface area contributed by atoms with Crippen molar-refractivity contribution in [2.75, 3.05) is 37.0 Å². The number of morpholine rings is 1. The van der Waals surface area contributed by atoms with Crippen molar-refractivity contribution in [1.82, 2.24) is 9.97 Å². The minimum Gasteiger partial charge on any atom is -0.377 e. The predicted molar refractivity (Wildman–Crippen MR) is 83.7 cm³/mol. The summed E-state index contributed by atoms with van der Waals surface area (Å²) in [6, 6.07) is 2.01. The lowest BCUT2D eigenvalue weighted by molar-refractivity contribution is -0.00549. The van der Waals surface area contributed by atoms with Gasteiger partial charge < -0.3 is 19.7 Å². The summed E-state index contributed by atoms with van der Waals surface area (Å²) in [4.78, 5) is 11.4. The number of rotatable bonds is 6. The molecule has 1 N–H and O–H groups in total. The van der Waals surface area contributed by atoms with Crippen molar-refractivity contribution >= 4 is 11.6 Å². The van der Waals surface area contributed by atoms with Gasteiger partial charge in [-0.25, -0.2) is 9.97 Å². The second-order valence-electron chi connectivity index (χ2n) is 5.55. The van der Waals surface area contributed by atoms with Crippen LogP contribution in [-0.2, 0) is 16.1 Å². The Labute approximate surface area is 126 Å². The van der Waals surface area contributed by atoms with Crippen LogP contribution in [0.3, 0.4) is 0 Å². The molecule has 2 heterocycles. The van der Waals surface area contributed by atoms with Gasteiger partial charge in [-0.2, -0.15) is 0 Å².